The van der Waals surface area contributed by atoms with Crippen molar-refractivity contribution in [2.24, 2.45) is 0 Å². The van der Waals surface area contributed by atoms with Gasteiger partial charge in [0.2, 0.25) is 0 Å². The average Bonchev–Trinajstić information content (AvgIpc) is 2.48. The summed E-state index contributed by atoms with van der Waals surface area (Å²) in [6.07, 6.45) is 10.9. The lowest BCUT2D eigenvalue weighted by atomic mass is 9.99. The summed E-state index contributed by atoms with van der Waals surface area (Å²) in [4.78, 5) is 0. The van der Waals surface area contributed by atoms with Gasteiger partial charge in [0.25, 0.3) is 0 Å². The van der Waals surface area contributed by atoms with Crippen molar-refractivity contribution in [2.45, 2.75) is 70.8 Å². The summed E-state index contributed by atoms with van der Waals surface area (Å²) >= 11 is 0. The standard InChI is InChI=1S/C18H29F2N/c1-3-4-5-6-7-8-9-10-16(21-2)13-15-11-12-17(19)18(20)14-15/h11-12,14,16,21H,3-10,13H2,1-2H3. The molecule has 1 aromatic rings. The first-order valence-corrected chi connectivity index (χ1v) is 8.28. The first kappa shape index (κ1) is 18.1. The maximum atomic E-state index is 13.2. The Hall–Kier alpha value is -0.960. The van der Waals surface area contributed by atoms with Gasteiger partial charge in [0.1, 0.15) is 0 Å². The largest absolute Gasteiger partial charge is 0.317 e. The first-order chi connectivity index (χ1) is 10.2. The number of unbranched alkanes of at least 4 members (excludes halogenated alkanes) is 6. The summed E-state index contributed by atoms with van der Waals surface area (Å²) in [7, 11) is 1.94. The minimum atomic E-state index is -0.771. The van der Waals surface area contributed by atoms with E-state index in [2.05, 4.69) is 12.2 Å². The van der Waals surface area contributed by atoms with E-state index in [0.29, 0.717) is 6.04 Å². The number of hydrogen-bond acceptors (Lipinski definition) is 1. The van der Waals surface area contributed by atoms with Crippen LogP contribution in [0.3, 0.4) is 0 Å². The smallest absolute Gasteiger partial charge is 0.159 e. The van der Waals surface area contributed by atoms with E-state index in [-0.39, 0.29) is 0 Å². The second-order valence-corrected chi connectivity index (χ2v) is 5.85. The van der Waals surface area contributed by atoms with Crippen molar-refractivity contribution in [3.8, 4) is 0 Å². The number of rotatable bonds is 11. The Morgan fingerprint density at radius 1 is 0.952 bits per heavy atom. The summed E-state index contributed by atoms with van der Waals surface area (Å²) in [5, 5.41) is 3.28. The highest BCUT2D eigenvalue weighted by Gasteiger charge is 2.09. The fourth-order valence-electron chi connectivity index (χ4n) is 2.65. The molecule has 0 heterocycles. The molecule has 0 aliphatic rings. The maximum absolute atomic E-state index is 13.2. The Kier molecular flexibility index (Phi) is 9.24. The minimum absolute atomic E-state index is 0.338. The van der Waals surface area contributed by atoms with Gasteiger partial charge in [-0.1, -0.05) is 57.9 Å². The number of hydrogen-bond donors (Lipinski definition) is 1. The highest BCUT2D eigenvalue weighted by molar-refractivity contribution is 5.18. The predicted molar refractivity (Wildman–Crippen MR) is 85.5 cm³/mol. The van der Waals surface area contributed by atoms with E-state index < -0.39 is 11.6 Å². The molecule has 1 aromatic carbocycles. The zero-order valence-corrected chi connectivity index (χ0v) is 13.4. The summed E-state index contributed by atoms with van der Waals surface area (Å²) in [6.45, 7) is 2.23. The predicted octanol–water partition coefficient (Wildman–Crippen LogP) is 5.24. The van der Waals surface area contributed by atoms with E-state index in [0.717, 1.165) is 18.4 Å². The highest BCUT2D eigenvalue weighted by atomic mass is 19.2. The molecule has 0 fully saturated rings. The van der Waals surface area contributed by atoms with Crippen LogP contribution in [0.5, 0.6) is 0 Å². The van der Waals surface area contributed by atoms with Crippen molar-refractivity contribution in [3.63, 3.8) is 0 Å². The van der Waals surface area contributed by atoms with Gasteiger partial charge in [-0.15, -0.1) is 0 Å². The van der Waals surface area contributed by atoms with Crippen LogP contribution in [0.4, 0.5) is 8.78 Å². The molecule has 1 unspecified atom stereocenters. The Morgan fingerprint density at radius 3 is 2.24 bits per heavy atom. The molecule has 0 aliphatic heterocycles. The molecule has 0 radical (unpaired) electrons. The van der Waals surface area contributed by atoms with Gasteiger partial charge in [-0.25, -0.2) is 8.78 Å². The lowest BCUT2D eigenvalue weighted by molar-refractivity contribution is 0.474. The van der Waals surface area contributed by atoms with Crippen LogP contribution < -0.4 is 5.32 Å². The minimum Gasteiger partial charge on any atom is -0.317 e. The number of likely N-dealkylation sites (N-methyl/N-ethyl adjacent to an activating group) is 1. The molecule has 1 N–H and O–H groups in total. The van der Waals surface area contributed by atoms with Crippen molar-refractivity contribution < 1.29 is 8.78 Å². The van der Waals surface area contributed by atoms with Crippen molar-refractivity contribution in [1.82, 2.24) is 5.32 Å². The molecule has 0 aliphatic carbocycles. The number of halogens is 2. The van der Waals surface area contributed by atoms with E-state index >= 15 is 0 Å². The third-order valence-corrected chi connectivity index (χ3v) is 4.03. The van der Waals surface area contributed by atoms with Gasteiger partial charge in [0, 0.05) is 6.04 Å². The third kappa shape index (κ3) is 7.56. The van der Waals surface area contributed by atoms with E-state index in [1.54, 1.807) is 6.07 Å². The number of nitrogens with one attached hydrogen (secondary N) is 1. The second kappa shape index (κ2) is 10.7. The molecule has 0 aromatic heterocycles. The molecule has 3 heteroatoms. The average molecular weight is 297 g/mol. The van der Waals surface area contributed by atoms with Gasteiger partial charge in [-0.2, -0.15) is 0 Å². The van der Waals surface area contributed by atoms with E-state index in [9.17, 15) is 8.78 Å². The maximum Gasteiger partial charge on any atom is 0.159 e. The number of benzene rings is 1. The monoisotopic (exact) mass is 297 g/mol. The van der Waals surface area contributed by atoms with Crippen LogP contribution in [0.1, 0.15) is 63.9 Å². The lowest BCUT2D eigenvalue weighted by Crippen LogP contribution is -2.27. The van der Waals surface area contributed by atoms with Gasteiger partial charge in [0.15, 0.2) is 11.6 Å². The van der Waals surface area contributed by atoms with Gasteiger partial charge in [-0.05, 0) is 37.6 Å². The SMILES string of the molecule is CCCCCCCCCC(Cc1ccc(F)c(F)c1)NC. The Bertz CT molecular complexity index is 393. The fraction of sp³-hybridized carbons (Fsp3) is 0.667. The first-order valence-electron chi connectivity index (χ1n) is 8.28. The summed E-state index contributed by atoms with van der Waals surface area (Å²) < 4.78 is 26.1. The summed E-state index contributed by atoms with van der Waals surface area (Å²) in [5.74, 6) is -1.52. The third-order valence-electron chi connectivity index (χ3n) is 4.03. The van der Waals surface area contributed by atoms with Crippen LogP contribution in [0.25, 0.3) is 0 Å². The molecule has 0 amide bonds. The second-order valence-electron chi connectivity index (χ2n) is 5.85. The topological polar surface area (TPSA) is 12.0 Å². The normalized spacial score (nSPS) is 12.6. The van der Waals surface area contributed by atoms with Gasteiger partial charge in [-0.3, -0.25) is 0 Å². The summed E-state index contributed by atoms with van der Waals surface area (Å²) in [5.41, 5.74) is 0.858. The molecule has 0 bridgehead atoms. The Labute approximate surface area is 128 Å². The van der Waals surface area contributed by atoms with Crippen molar-refractivity contribution >= 4 is 0 Å². The molecule has 0 spiro atoms. The Balaban J connectivity index is 2.23. The molecule has 1 atom stereocenters. The van der Waals surface area contributed by atoms with Crippen LogP contribution in [-0.4, -0.2) is 13.1 Å². The van der Waals surface area contributed by atoms with Gasteiger partial charge >= 0.3 is 0 Å². The molecule has 120 valence electrons. The molecule has 1 rings (SSSR count). The van der Waals surface area contributed by atoms with Crippen molar-refractivity contribution in [2.75, 3.05) is 7.05 Å². The van der Waals surface area contributed by atoms with Crippen molar-refractivity contribution in [3.05, 3.63) is 35.4 Å². The van der Waals surface area contributed by atoms with Gasteiger partial charge in [0.05, 0.1) is 0 Å². The zero-order chi connectivity index (χ0) is 15.5. The Morgan fingerprint density at radius 2 is 1.62 bits per heavy atom. The van der Waals surface area contributed by atoms with Crippen LogP contribution in [0.15, 0.2) is 18.2 Å². The fourth-order valence-corrected chi connectivity index (χ4v) is 2.65. The van der Waals surface area contributed by atoms with E-state index in [4.69, 9.17) is 0 Å². The van der Waals surface area contributed by atoms with Crippen LogP contribution in [0, 0.1) is 11.6 Å². The zero-order valence-electron chi connectivity index (χ0n) is 13.4. The lowest BCUT2D eigenvalue weighted by Gasteiger charge is -2.16. The molecule has 0 saturated heterocycles. The quantitative estimate of drug-likeness (QED) is 0.551. The van der Waals surface area contributed by atoms with Crippen LogP contribution in [-0.2, 0) is 6.42 Å². The molecule has 0 saturated carbocycles. The molecular weight excluding hydrogens is 268 g/mol. The molecular formula is C18H29F2N. The van der Waals surface area contributed by atoms with Crippen LogP contribution >= 0.6 is 0 Å². The summed E-state index contributed by atoms with van der Waals surface area (Å²) in [6, 6.07) is 4.54. The molecule has 21 heavy (non-hydrogen) atoms. The highest BCUT2D eigenvalue weighted by Crippen LogP contribution is 2.14. The van der Waals surface area contributed by atoms with E-state index in [1.807, 2.05) is 7.05 Å². The van der Waals surface area contributed by atoms with Gasteiger partial charge < -0.3 is 5.32 Å². The van der Waals surface area contributed by atoms with E-state index in [1.165, 1.54) is 57.1 Å². The molecule has 1 nitrogen and oxygen atoms in total. The van der Waals surface area contributed by atoms with Crippen molar-refractivity contribution in [1.29, 1.82) is 0 Å². The van der Waals surface area contributed by atoms with Crippen LogP contribution in [0.2, 0.25) is 0 Å².